The fourth-order valence-electron chi connectivity index (χ4n) is 1.80. The highest BCUT2D eigenvalue weighted by Gasteiger charge is 2.12. The van der Waals surface area contributed by atoms with Gasteiger partial charge in [0.2, 0.25) is 0 Å². The third kappa shape index (κ3) is 3.50. The maximum absolute atomic E-state index is 9.35. The molecule has 0 saturated heterocycles. The fraction of sp³-hybridized carbons (Fsp3) is 0.143. The summed E-state index contributed by atoms with van der Waals surface area (Å²) < 4.78 is 5.64. The first-order valence-electron chi connectivity index (χ1n) is 5.93. The van der Waals surface area contributed by atoms with E-state index in [1.165, 1.54) is 0 Å². The van der Waals surface area contributed by atoms with E-state index in [0.717, 1.165) is 11.1 Å². The van der Waals surface area contributed by atoms with Gasteiger partial charge in [-0.2, -0.15) is 0 Å². The van der Waals surface area contributed by atoms with Gasteiger partial charge in [-0.3, -0.25) is 0 Å². The normalized spacial score (nSPS) is 10.3. The molecule has 2 aromatic carbocycles. The monoisotopic (exact) mass is 258 g/mol. The second-order valence-electron chi connectivity index (χ2n) is 4.36. The summed E-state index contributed by atoms with van der Waals surface area (Å²) >= 11 is 0. The molecule has 2 rings (SSSR count). The quantitative estimate of drug-likeness (QED) is 0.714. The zero-order valence-corrected chi connectivity index (χ0v) is 10.6. The van der Waals surface area contributed by atoms with Crippen molar-refractivity contribution in [3.63, 3.8) is 0 Å². The van der Waals surface area contributed by atoms with Gasteiger partial charge in [0.05, 0.1) is 0 Å². The summed E-state index contributed by atoms with van der Waals surface area (Å²) in [5.41, 5.74) is 2.12. The summed E-state index contributed by atoms with van der Waals surface area (Å²) in [6.45, 7) is 2.18. The number of phenols is 1. The second-order valence-corrected chi connectivity index (χ2v) is 4.36. The number of rotatable bonds is 4. The molecular formula is C14H15BO4. The number of hydrogen-bond donors (Lipinski definition) is 3. The number of hydrogen-bond acceptors (Lipinski definition) is 4. The lowest BCUT2D eigenvalue weighted by Crippen LogP contribution is -2.29. The van der Waals surface area contributed by atoms with Gasteiger partial charge in [-0.1, -0.05) is 24.3 Å². The van der Waals surface area contributed by atoms with E-state index in [2.05, 4.69) is 0 Å². The van der Waals surface area contributed by atoms with Gasteiger partial charge in [0.1, 0.15) is 18.1 Å². The SMILES string of the molecule is Cc1cc(B(O)O)ccc1OCc1cccc(O)c1. The Labute approximate surface area is 112 Å². The van der Waals surface area contributed by atoms with Crippen molar-refractivity contribution in [3.8, 4) is 11.5 Å². The minimum absolute atomic E-state index is 0.205. The molecule has 0 aliphatic heterocycles. The Hall–Kier alpha value is -1.98. The zero-order chi connectivity index (χ0) is 13.8. The zero-order valence-electron chi connectivity index (χ0n) is 10.6. The molecule has 3 N–H and O–H groups in total. The molecule has 19 heavy (non-hydrogen) atoms. The van der Waals surface area contributed by atoms with Gasteiger partial charge in [-0.25, -0.2) is 0 Å². The van der Waals surface area contributed by atoms with Crippen molar-refractivity contribution in [2.75, 3.05) is 0 Å². The van der Waals surface area contributed by atoms with Crippen LogP contribution in [0.2, 0.25) is 0 Å². The Bertz CT molecular complexity index is 569. The third-order valence-electron chi connectivity index (χ3n) is 2.80. The summed E-state index contributed by atoms with van der Waals surface area (Å²) in [6.07, 6.45) is 0. The Morgan fingerprint density at radius 1 is 1.11 bits per heavy atom. The lowest BCUT2D eigenvalue weighted by atomic mass is 9.79. The molecule has 98 valence electrons. The van der Waals surface area contributed by atoms with Crippen LogP contribution in [0.4, 0.5) is 0 Å². The van der Waals surface area contributed by atoms with Crippen molar-refractivity contribution in [2.24, 2.45) is 0 Å². The molecule has 0 unspecified atom stereocenters. The van der Waals surface area contributed by atoms with Gasteiger partial charge in [0.25, 0.3) is 0 Å². The van der Waals surface area contributed by atoms with E-state index >= 15 is 0 Å². The lowest BCUT2D eigenvalue weighted by Gasteiger charge is -2.10. The van der Waals surface area contributed by atoms with Crippen molar-refractivity contribution >= 4 is 12.6 Å². The number of phenolic OH excluding ortho intramolecular Hbond substituents is 1. The van der Waals surface area contributed by atoms with Crippen LogP contribution in [-0.2, 0) is 6.61 Å². The maximum Gasteiger partial charge on any atom is 0.488 e. The molecule has 0 aliphatic carbocycles. The summed E-state index contributed by atoms with van der Waals surface area (Å²) in [5.74, 6) is 0.879. The van der Waals surface area contributed by atoms with Crippen LogP contribution in [0.25, 0.3) is 0 Å². The number of ether oxygens (including phenoxy) is 1. The van der Waals surface area contributed by atoms with Gasteiger partial charge in [-0.15, -0.1) is 0 Å². The second kappa shape index (κ2) is 5.78. The molecule has 0 atom stereocenters. The van der Waals surface area contributed by atoms with Crippen molar-refractivity contribution < 1.29 is 19.9 Å². The highest BCUT2D eigenvalue weighted by atomic mass is 16.5. The van der Waals surface area contributed by atoms with Crippen molar-refractivity contribution in [3.05, 3.63) is 53.6 Å². The average molecular weight is 258 g/mol. The Balaban J connectivity index is 2.07. The smallest absolute Gasteiger partial charge is 0.488 e. The van der Waals surface area contributed by atoms with E-state index in [9.17, 15) is 5.11 Å². The van der Waals surface area contributed by atoms with Gasteiger partial charge < -0.3 is 19.9 Å². The van der Waals surface area contributed by atoms with Crippen LogP contribution < -0.4 is 10.2 Å². The van der Waals surface area contributed by atoms with Crippen LogP contribution in [0.15, 0.2) is 42.5 Å². The van der Waals surface area contributed by atoms with Gasteiger partial charge in [0, 0.05) is 0 Å². The number of aromatic hydroxyl groups is 1. The number of benzene rings is 2. The predicted octanol–water partition coefficient (Wildman–Crippen LogP) is 0.959. The standard InChI is InChI=1S/C14H15BO4/c1-10-7-12(15(17)18)5-6-14(10)19-9-11-3-2-4-13(16)8-11/h2-8,16-18H,9H2,1H3. The van der Waals surface area contributed by atoms with E-state index in [1.807, 2.05) is 13.0 Å². The molecule has 0 saturated carbocycles. The van der Waals surface area contributed by atoms with Gasteiger partial charge >= 0.3 is 7.12 Å². The first-order chi connectivity index (χ1) is 9.06. The van der Waals surface area contributed by atoms with E-state index in [1.54, 1.807) is 36.4 Å². The highest BCUT2D eigenvalue weighted by molar-refractivity contribution is 6.58. The van der Waals surface area contributed by atoms with Crippen LogP contribution in [0.5, 0.6) is 11.5 Å². The fourth-order valence-corrected chi connectivity index (χ4v) is 1.80. The summed E-state index contributed by atoms with van der Waals surface area (Å²) in [7, 11) is -1.47. The molecule has 4 nitrogen and oxygen atoms in total. The van der Waals surface area contributed by atoms with Crippen LogP contribution in [0.3, 0.4) is 0 Å². The van der Waals surface area contributed by atoms with Crippen molar-refractivity contribution in [2.45, 2.75) is 13.5 Å². The predicted molar refractivity (Wildman–Crippen MR) is 73.4 cm³/mol. The van der Waals surface area contributed by atoms with Gasteiger partial charge in [-0.05, 0) is 41.7 Å². The minimum Gasteiger partial charge on any atom is -0.508 e. The number of aryl methyl sites for hydroxylation is 1. The maximum atomic E-state index is 9.35. The molecule has 0 spiro atoms. The molecule has 0 aliphatic rings. The van der Waals surface area contributed by atoms with Crippen LogP contribution in [-0.4, -0.2) is 22.3 Å². The molecule has 0 fully saturated rings. The van der Waals surface area contributed by atoms with E-state index in [4.69, 9.17) is 14.8 Å². The van der Waals surface area contributed by atoms with Crippen molar-refractivity contribution in [1.82, 2.24) is 0 Å². The molecular weight excluding hydrogens is 243 g/mol. The molecule has 0 heterocycles. The largest absolute Gasteiger partial charge is 0.508 e. The van der Waals surface area contributed by atoms with E-state index < -0.39 is 7.12 Å². The highest BCUT2D eigenvalue weighted by Crippen LogP contribution is 2.18. The molecule has 0 amide bonds. The minimum atomic E-state index is -1.47. The Morgan fingerprint density at radius 2 is 1.89 bits per heavy atom. The van der Waals surface area contributed by atoms with Crippen LogP contribution in [0.1, 0.15) is 11.1 Å². The van der Waals surface area contributed by atoms with Gasteiger partial charge in [0.15, 0.2) is 0 Å². The molecule has 0 bridgehead atoms. The summed E-state index contributed by atoms with van der Waals surface area (Å²) in [5, 5.41) is 27.5. The van der Waals surface area contributed by atoms with E-state index in [0.29, 0.717) is 17.8 Å². The summed E-state index contributed by atoms with van der Waals surface area (Å²) in [4.78, 5) is 0. The molecule has 0 aromatic heterocycles. The molecule has 5 heteroatoms. The Morgan fingerprint density at radius 3 is 2.53 bits per heavy atom. The Kier molecular flexibility index (Phi) is 4.09. The first-order valence-corrected chi connectivity index (χ1v) is 5.93. The molecule has 0 radical (unpaired) electrons. The first kappa shape index (κ1) is 13.5. The van der Waals surface area contributed by atoms with Crippen LogP contribution >= 0.6 is 0 Å². The van der Waals surface area contributed by atoms with E-state index in [-0.39, 0.29) is 5.75 Å². The van der Waals surface area contributed by atoms with Crippen molar-refractivity contribution in [1.29, 1.82) is 0 Å². The summed E-state index contributed by atoms with van der Waals surface area (Å²) in [6, 6.07) is 11.8. The van der Waals surface area contributed by atoms with Crippen LogP contribution in [0, 0.1) is 6.92 Å². The lowest BCUT2D eigenvalue weighted by molar-refractivity contribution is 0.303. The molecule has 2 aromatic rings. The topological polar surface area (TPSA) is 69.9 Å². The third-order valence-corrected chi connectivity index (χ3v) is 2.80. The average Bonchev–Trinajstić information content (AvgIpc) is 2.37.